The van der Waals surface area contributed by atoms with Crippen molar-refractivity contribution >= 4 is 0 Å². The molecule has 2 rings (SSSR count). The number of hydrogen-bond acceptors (Lipinski definition) is 3. The van der Waals surface area contributed by atoms with E-state index in [1.807, 2.05) is 25.1 Å². The summed E-state index contributed by atoms with van der Waals surface area (Å²) >= 11 is 0. The molecule has 88 valence electrons. The van der Waals surface area contributed by atoms with E-state index < -0.39 is 5.60 Å². The van der Waals surface area contributed by atoms with E-state index in [0.717, 1.165) is 16.9 Å². The average Bonchev–Trinajstić information content (AvgIpc) is 2.24. The molecule has 1 aromatic carbocycles. The molecule has 0 aliphatic heterocycles. The highest BCUT2D eigenvalue weighted by Crippen LogP contribution is 2.44. The number of benzene rings is 1. The minimum absolute atomic E-state index is 0.187. The second kappa shape index (κ2) is 4.07. The Bertz CT molecular complexity index is 381. The summed E-state index contributed by atoms with van der Waals surface area (Å²) in [7, 11) is 3.33. The highest BCUT2D eigenvalue weighted by Gasteiger charge is 2.44. The SMILES string of the molecule is COc1ccc(C2(O)CC(OC)C2)c(C)c1. The zero-order valence-electron chi connectivity index (χ0n) is 9.99. The van der Waals surface area contributed by atoms with Crippen molar-refractivity contribution in [1.29, 1.82) is 0 Å². The van der Waals surface area contributed by atoms with Crippen molar-refractivity contribution in [2.75, 3.05) is 14.2 Å². The molecule has 3 nitrogen and oxygen atoms in total. The smallest absolute Gasteiger partial charge is 0.119 e. The van der Waals surface area contributed by atoms with Gasteiger partial charge in [-0.05, 0) is 30.2 Å². The maximum Gasteiger partial charge on any atom is 0.119 e. The van der Waals surface area contributed by atoms with Gasteiger partial charge < -0.3 is 14.6 Å². The minimum Gasteiger partial charge on any atom is -0.497 e. The molecule has 0 unspecified atom stereocenters. The Balaban J connectivity index is 2.22. The van der Waals surface area contributed by atoms with Gasteiger partial charge in [0, 0.05) is 20.0 Å². The largest absolute Gasteiger partial charge is 0.497 e. The van der Waals surface area contributed by atoms with Crippen LogP contribution < -0.4 is 4.74 Å². The van der Waals surface area contributed by atoms with Crippen LogP contribution in [0.1, 0.15) is 24.0 Å². The van der Waals surface area contributed by atoms with Crippen molar-refractivity contribution < 1.29 is 14.6 Å². The van der Waals surface area contributed by atoms with Crippen LogP contribution in [0.5, 0.6) is 5.75 Å². The number of ether oxygens (including phenoxy) is 2. The van der Waals surface area contributed by atoms with Crippen molar-refractivity contribution in [3.63, 3.8) is 0 Å². The van der Waals surface area contributed by atoms with Crippen molar-refractivity contribution in [3.05, 3.63) is 29.3 Å². The van der Waals surface area contributed by atoms with Crippen molar-refractivity contribution in [2.24, 2.45) is 0 Å². The van der Waals surface area contributed by atoms with Gasteiger partial charge in [-0.1, -0.05) is 6.07 Å². The predicted octanol–water partition coefficient (Wildman–Crippen LogP) is 2.00. The zero-order valence-corrected chi connectivity index (χ0v) is 9.99. The molecule has 0 heterocycles. The Kier molecular flexibility index (Phi) is 2.91. The Hall–Kier alpha value is -1.06. The van der Waals surface area contributed by atoms with E-state index in [0.29, 0.717) is 12.8 Å². The van der Waals surface area contributed by atoms with Crippen molar-refractivity contribution in [2.45, 2.75) is 31.5 Å². The number of methoxy groups -OCH3 is 2. The quantitative estimate of drug-likeness (QED) is 0.850. The predicted molar refractivity (Wildman–Crippen MR) is 61.7 cm³/mol. The highest BCUT2D eigenvalue weighted by atomic mass is 16.5. The number of aliphatic hydroxyl groups is 1. The lowest BCUT2D eigenvalue weighted by Crippen LogP contribution is -2.45. The molecule has 1 N–H and O–H groups in total. The average molecular weight is 222 g/mol. The minimum atomic E-state index is -0.711. The topological polar surface area (TPSA) is 38.7 Å². The second-order valence-electron chi connectivity index (χ2n) is 4.48. The molecular formula is C13H18O3. The Labute approximate surface area is 96.0 Å². The maximum absolute atomic E-state index is 10.4. The monoisotopic (exact) mass is 222 g/mol. The van der Waals surface area contributed by atoms with Crippen LogP contribution in [0, 0.1) is 6.92 Å². The first-order valence-electron chi connectivity index (χ1n) is 5.49. The third-order valence-electron chi connectivity index (χ3n) is 3.40. The molecule has 0 amide bonds. The molecule has 1 fully saturated rings. The summed E-state index contributed by atoms with van der Waals surface area (Å²) in [5.41, 5.74) is 1.34. The van der Waals surface area contributed by atoms with Gasteiger partial charge >= 0.3 is 0 Å². The summed E-state index contributed by atoms with van der Waals surface area (Å²) in [6.45, 7) is 2.00. The Morgan fingerprint density at radius 1 is 1.31 bits per heavy atom. The van der Waals surface area contributed by atoms with E-state index in [2.05, 4.69) is 0 Å². The third kappa shape index (κ3) is 1.81. The van der Waals surface area contributed by atoms with Crippen LogP contribution in [0.3, 0.4) is 0 Å². The van der Waals surface area contributed by atoms with Gasteiger partial charge in [0.1, 0.15) is 5.75 Å². The van der Waals surface area contributed by atoms with Crippen LogP contribution in [0.25, 0.3) is 0 Å². The molecule has 0 bridgehead atoms. The van der Waals surface area contributed by atoms with E-state index in [4.69, 9.17) is 9.47 Å². The van der Waals surface area contributed by atoms with Gasteiger partial charge in [-0.3, -0.25) is 0 Å². The highest BCUT2D eigenvalue weighted by molar-refractivity contribution is 5.39. The summed E-state index contributed by atoms with van der Waals surface area (Å²) in [5, 5.41) is 10.4. The molecule has 1 aliphatic rings. The molecule has 1 aromatic rings. The van der Waals surface area contributed by atoms with Crippen LogP contribution in [-0.4, -0.2) is 25.4 Å². The standard InChI is InChI=1S/C13H18O3/c1-9-6-10(15-2)4-5-12(9)13(14)7-11(8-13)16-3/h4-6,11,14H,7-8H2,1-3H3. The van der Waals surface area contributed by atoms with E-state index in [9.17, 15) is 5.11 Å². The van der Waals surface area contributed by atoms with Gasteiger partial charge in [0.15, 0.2) is 0 Å². The van der Waals surface area contributed by atoms with Crippen LogP contribution >= 0.6 is 0 Å². The molecule has 0 atom stereocenters. The summed E-state index contributed by atoms with van der Waals surface area (Å²) < 4.78 is 10.4. The molecule has 3 heteroatoms. The van der Waals surface area contributed by atoms with Crippen LogP contribution in [0.2, 0.25) is 0 Å². The molecule has 1 saturated carbocycles. The number of aryl methyl sites for hydroxylation is 1. The van der Waals surface area contributed by atoms with Gasteiger partial charge in [-0.15, -0.1) is 0 Å². The lowest BCUT2D eigenvalue weighted by atomic mass is 9.71. The van der Waals surface area contributed by atoms with Gasteiger partial charge in [-0.2, -0.15) is 0 Å². The summed E-state index contributed by atoms with van der Waals surface area (Å²) in [5.74, 6) is 0.826. The fourth-order valence-electron chi connectivity index (χ4n) is 2.37. The normalized spacial score (nSPS) is 28.6. The third-order valence-corrected chi connectivity index (χ3v) is 3.40. The first-order valence-corrected chi connectivity index (χ1v) is 5.49. The van der Waals surface area contributed by atoms with E-state index in [1.54, 1.807) is 14.2 Å². The van der Waals surface area contributed by atoms with Gasteiger partial charge in [0.2, 0.25) is 0 Å². The zero-order chi connectivity index (χ0) is 11.8. The summed E-state index contributed by atoms with van der Waals surface area (Å²) in [6.07, 6.45) is 1.54. The van der Waals surface area contributed by atoms with E-state index >= 15 is 0 Å². The molecular weight excluding hydrogens is 204 g/mol. The number of rotatable bonds is 3. The fourth-order valence-corrected chi connectivity index (χ4v) is 2.37. The van der Waals surface area contributed by atoms with E-state index in [-0.39, 0.29) is 6.10 Å². The second-order valence-corrected chi connectivity index (χ2v) is 4.48. The summed E-state index contributed by atoms with van der Waals surface area (Å²) in [4.78, 5) is 0. The first kappa shape index (κ1) is 11.4. The molecule has 0 aromatic heterocycles. The fraction of sp³-hybridized carbons (Fsp3) is 0.538. The van der Waals surface area contributed by atoms with Gasteiger partial charge in [0.25, 0.3) is 0 Å². The van der Waals surface area contributed by atoms with Crippen molar-refractivity contribution in [1.82, 2.24) is 0 Å². The lowest BCUT2D eigenvalue weighted by Gasteiger charge is -2.43. The van der Waals surface area contributed by atoms with Gasteiger partial charge in [0.05, 0.1) is 18.8 Å². The summed E-state index contributed by atoms with van der Waals surface area (Å²) in [6, 6.07) is 5.79. The van der Waals surface area contributed by atoms with Crippen LogP contribution in [0.4, 0.5) is 0 Å². The maximum atomic E-state index is 10.4. The van der Waals surface area contributed by atoms with Gasteiger partial charge in [-0.25, -0.2) is 0 Å². The Morgan fingerprint density at radius 3 is 2.50 bits per heavy atom. The van der Waals surface area contributed by atoms with E-state index in [1.165, 1.54) is 0 Å². The lowest BCUT2D eigenvalue weighted by molar-refractivity contribution is -0.133. The molecule has 0 radical (unpaired) electrons. The molecule has 16 heavy (non-hydrogen) atoms. The molecule has 0 spiro atoms. The van der Waals surface area contributed by atoms with Crippen LogP contribution in [0.15, 0.2) is 18.2 Å². The molecule has 1 aliphatic carbocycles. The Morgan fingerprint density at radius 2 is 2.00 bits per heavy atom. The number of hydrogen-bond donors (Lipinski definition) is 1. The molecule has 0 saturated heterocycles. The van der Waals surface area contributed by atoms with Crippen LogP contribution in [-0.2, 0) is 10.3 Å². The first-order chi connectivity index (χ1) is 7.59. The van der Waals surface area contributed by atoms with Crippen molar-refractivity contribution in [3.8, 4) is 5.75 Å².